The first kappa shape index (κ1) is 8.88. The number of halogens is 3. The molecular formula is C9H8ClF2N. The molecule has 1 saturated carbocycles. The zero-order valence-corrected chi connectivity index (χ0v) is 7.56. The van der Waals surface area contributed by atoms with Crippen LogP contribution in [0.5, 0.6) is 0 Å². The van der Waals surface area contributed by atoms with Gasteiger partial charge in [-0.1, -0.05) is 11.6 Å². The fraction of sp³-hybridized carbons (Fsp3) is 0.444. The summed E-state index contributed by atoms with van der Waals surface area (Å²) in [7, 11) is 0. The first-order valence-electron chi connectivity index (χ1n) is 4.05. The van der Waals surface area contributed by atoms with Gasteiger partial charge in [0.1, 0.15) is 5.15 Å². The zero-order chi connectivity index (χ0) is 9.47. The maximum Gasteiger partial charge on any atom is 0.248 e. The predicted molar refractivity (Wildman–Crippen MR) is 46.2 cm³/mol. The van der Waals surface area contributed by atoms with E-state index >= 15 is 0 Å². The maximum atomic E-state index is 12.6. The van der Waals surface area contributed by atoms with Gasteiger partial charge in [0.15, 0.2) is 0 Å². The van der Waals surface area contributed by atoms with Gasteiger partial charge in [0.25, 0.3) is 0 Å². The standard InChI is InChI=1S/C9H8ClF2N/c10-7-5-6(1-4-13-7)9(2-3-9)8(11)12/h1,4-5,8H,2-3H2. The van der Waals surface area contributed by atoms with Gasteiger partial charge in [-0.15, -0.1) is 0 Å². The molecular weight excluding hydrogens is 196 g/mol. The fourth-order valence-electron chi connectivity index (χ4n) is 1.48. The molecule has 0 saturated heterocycles. The average Bonchev–Trinajstić information content (AvgIpc) is 2.83. The third-order valence-electron chi connectivity index (χ3n) is 2.51. The summed E-state index contributed by atoms with van der Waals surface area (Å²) in [6.07, 6.45) is 0.266. The van der Waals surface area contributed by atoms with Crippen molar-refractivity contribution in [1.82, 2.24) is 4.98 Å². The average molecular weight is 204 g/mol. The molecule has 1 aliphatic carbocycles. The van der Waals surface area contributed by atoms with Crippen LogP contribution in [0.2, 0.25) is 5.15 Å². The minimum atomic E-state index is -2.30. The Bertz CT molecular complexity index is 323. The van der Waals surface area contributed by atoms with Gasteiger partial charge in [-0.3, -0.25) is 0 Å². The SMILES string of the molecule is FC(F)C1(c2ccnc(Cl)c2)CC1. The topological polar surface area (TPSA) is 12.9 Å². The number of rotatable bonds is 2. The van der Waals surface area contributed by atoms with E-state index in [1.807, 2.05) is 0 Å². The van der Waals surface area contributed by atoms with Crippen LogP contribution in [0.15, 0.2) is 18.3 Å². The van der Waals surface area contributed by atoms with Crippen LogP contribution in [0.3, 0.4) is 0 Å². The van der Waals surface area contributed by atoms with Crippen molar-refractivity contribution in [2.45, 2.75) is 24.7 Å². The summed E-state index contributed by atoms with van der Waals surface area (Å²) in [5, 5.41) is 0.282. The van der Waals surface area contributed by atoms with Crippen LogP contribution in [0.4, 0.5) is 8.78 Å². The molecule has 0 aliphatic heterocycles. The van der Waals surface area contributed by atoms with Crippen molar-refractivity contribution >= 4 is 11.6 Å². The second kappa shape index (κ2) is 2.91. The highest BCUT2D eigenvalue weighted by Crippen LogP contribution is 2.52. The Kier molecular flexibility index (Phi) is 1.99. The molecule has 70 valence electrons. The molecule has 13 heavy (non-hydrogen) atoms. The number of hydrogen-bond donors (Lipinski definition) is 0. The van der Waals surface area contributed by atoms with Gasteiger partial charge in [0.2, 0.25) is 6.43 Å². The zero-order valence-electron chi connectivity index (χ0n) is 6.80. The van der Waals surface area contributed by atoms with Crippen molar-refractivity contribution in [2.75, 3.05) is 0 Å². The van der Waals surface area contributed by atoms with Gasteiger partial charge < -0.3 is 0 Å². The highest BCUT2D eigenvalue weighted by Gasteiger charge is 2.52. The lowest BCUT2D eigenvalue weighted by molar-refractivity contribution is 0.102. The maximum absolute atomic E-state index is 12.6. The van der Waals surface area contributed by atoms with Crippen molar-refractivity contribution in [3.8, 4) is 0 Å². The summed E-state index contributed by atoms with van der Waals surface area (Å²) >= 11 is 5.63. The molecule has 0 atom stereocenters. The third-order valence-corrected chi connectivity index (χ3v) is 2.71. The molecule has 0 amide bonds. The lowest BCUT2D eigenvalue weighted by atomic mass is 9.98. The Hall–Kier alpha value is -0.700. The first-order valence-corrected chi connectivity index (χ1v) is 4.43. The molecule has 0 aromatic carbocycles. The van der Waals surface area contributed by atoms with E-state index in [4.69, 9.17) is 11.6 Å². The highest BCUT2D eigenvalue weighted by molar-refractivity contribution is 6.29. The normalized spacial score (nSPS) is 19.1. The molecule has 1 heterocycles. The van der Waals surface area contributed by atoms with Crippen LogP contribution in [-0.2, 0) is 5.41 Å². The number of aromatic nitrogens is 1. The Morgan fingerprint density at radius 3 is 2.62 bits per heavy atom. The monoisotopic (exact) mass is 203 g/mol. The molecule has 0 spiro atoms. The third kappa shape index (κ3) is 1.41. The minimum absolute atomic E-state index is 0.282. The number of hydrogen-bond acceptors (Lipinski definition) is 1. The summed E-state index contributed by atoms with van der Waals surface area (Å²) < 4.78 is 25.3. The number of nitrogens with zero attached hydrogens (tertiary/aromatic N) is 1. The van der Waals surface area contributed by atoms with Crippen LogP contribution in [0.1, 0.15) is 18.4 Å². The number of pyridine rings is 1. The van der Waals surface area contributed by atoms with E-state index in [1.54, 1.807) is 6.07 Å². The van der Waals surface area contributed by atoms with E-state index in [1.165, 1.54) is 12.3 Å². The first-order chi connectivity index (χ1) is 6.15. The van der Waals surface area contributed by atoms with Crippen LogP contribution in [-0.4, -0.2) is 11.4 Å². The van der Waals surface area contributed by atoms with Gasteiger partial charge in [0, 0.05) is 6.20 Å². The van der Waals surface area contributed by atoms with Crippen LogP contribution in [0.25, 0.3) is 0 Å². The molecule has 0 N–H and O–H groups in total. The van der Waals surface area contributed by atoms with Gasteiger partial charge in [-0.25, -0.2) is 13.8 Å². The van der Waals surface area contributed by atoms with Gasteiger partial charge in [-0.05, 0) is 30.5 Å². The Morgan fingerprint density at radius 2 is 2.15 bits per heavy atom. The van der Waals surface area contributed by atoms with Crippen LogP contribution >= 0.6 is 11.6 Å². The van der Waals surface area contributed by atoms with Crippen molar-refractivity contribution in [3.63, 3.8) is 0 Å². The van der Waals surface area contributed by atoms with Crippen molar-refractivity contribution < 1.29 is 8.78 Å². The second-order valence-corrected chi connectivity index (χ2v) is 3.71. The Labute approximate surface area is 79.7 Å². The van der Waals surface area contributed by atoms with E-state index in [-0.39, 0.29) is 5.15 Å². The lowest BCUT2D eigenvalue weighted by Crippen LogP contribution is -2.17. The van der Waals surface area contributed by atoms with Crippen molar-refractivity contribution in [2.24, 2.45) is 0 Å². The molecule has 0 radical (unpaired) electrons. The van der Waals surface area contributed by atoms with Gasteiger partial charge >= 0.3 is 0 Å². The van der Waals surface area contributed by atoms with Gasteiger partial charge in [-0.2, -0.15) is 0 Å². The molecule has 2 rings (SSSR count). The van der Waals surface area contributed by atoms with Crippen LogP contribution < -0.4 is 0 Å². The summed E-state index contributed by atoms with van der Waals surface area (Å²) in [4.78, 5) is 3.76. The molecule has 1 aliphatic rings. The largest absolute Gasteiger partial charge is 0.248 e. The Balaban J connectivity index is 2.35. The molecule has 1 nitrogen and oxygen atoms in total. The molecule has 0 unspecified atom stereocenters. The van der Waals surface area contributed by atoms with Gasteiger partial charge in [0.05, 0.1) is 5.41 Å². The summed E-state index contributed by atoms with van der Waals surface area (Å²) in [6.45, 7) is 0. The van der Waals surface area contributed by atoms with Crippen molar-refractivity contribution in [1.29, 1.82) is 0 Å². The van der Waals surface area contributed by atoms with E-state index in [2.05, 4.69) is 4.98 Å². The second-order valence-electron chi connectivity index (χ2n) is 3.32. The number of alkyl halides is 2. The molecule has 1 aromatic rings. The Morgan fingerprint density at radius 1 is 1.46 bits per heavy atom. The highest BCUT2D eigenvalue weighted by atomic mass is 35.5. The molecule has 1 aromatic heterocycles. The summed E-state index contributed by atoms with van der Waals surface area (Å²) in [6, 6.07) is 3.14. The van der Waals surface area contributed by atoms with E-state index < -0.39 is 11.8 Å². The summed E-state index contributed by atoms with van der Waals surface area (Å²) in [5.41, 5.74) is -0.311. The van der Waals surface area contributed by atoms with E-state index in [0.29, 0.717) is 18.4 Å². The predicted octanol–water partition coefficient (Wildman–Crippen LogP) is 3.03. The molecule has 4 heteroatoms. The van der Waals surface area contributed by atoms with E-state index in [0.717, 1.165) is 0 Å². The lowest BCUT2D eigenvalue weighted by Gasteiger charge is -2.13. The quantitative estimate of drug-likeness (QED) is 0.674. The fourth-order valence-corrected chi connectivity index (χ4v) is 1.65. The van der Waals surface area contributed by atoms with Crippen molar-refractivity contribution in [3.05, 3.63) is 29.0 Å². The smallest absolute Gasteiger partial charge is 0.245 e. The van der Waals surface area contributed by atoms with E-state index in [9.17, 15) is 8.78 Å². The molecule has 1 fully saturated rings. The molecule has 0 bridgehead atoms. The summed E-state index contributed by atoms with van der Waals surface area (Å²) in [5.74, 6) is 0. The van der Waals surface area contributed by atoms with Crippen LogP contribution in [0, 0.1) is 0 Å². The minimum Gasteiger partial charge on any atom is -0.245 e.